The van der Waals surface area contributed by atoms with Crippen LogP contribution in [-0.2, 0) is 0 Å². The second-order valence-corrected chi connectivity index (χ2v) is 8.35. The van der Waals surface area contributed by atoms with E-state index in [0.717, 1.165) is 31.0 Å². The van der Waals surface area contributed by atoms with Gasteiger partial charge in [-0.05, 0) is 43.5 Å². The van der Waals surface area contributed by atoms with Crippen molar-refractivity contribution >= 4 is 11.2 Å². The van der Waals surface area contributed by atoms with Crippen molar-refractivity contribution in [2.24, 2.45) is 0 Å². The summed E-state index contributed by atoms with van der Waals surface area (Å²) in [4.78, 5) is 16.0. The van der Waals surface area contributed by atoms with Crippen LogP contribution in [0.2, 0.25) is 0 Å². The van der Waals surface area contributed by atoms with Crippen molar-refractivity contribution in [2.75, 3.05) is 18.1 Å². The summed E-state index contributed by atoms with van der Waals surface area (Å²) in [5, 5.41) is 7.03. The predicted molar refractivity (Wildman–Crippen MR) is 120 cm³/mol. The number of para-hydroxylation sites is 1. The first-order chi connectivity index (χ1) is 14.8. The molecule has 0 bridgehead atoms. The SMILES string of the molecule is C=CCCN(C1CCCCC1)C1CN(c2ccccc2)n2c1nn1cccc1c2=O. The first-order valence-corrected chi connectivity index (χ1v) is 11.1. The largest absolute Gasteiger partial charge is 0.297 e. The van der Waals surface area contributed by atoms with Gasteiger partial charge in [0, 0.05) is 18.8 Å². The number of benzene rings is 1. The number of nitrogens with zero attached hydrogens (tertiary/aromatic N) is 5. The Morgan fingerprint density at radius 2 is 1.90 bits per heavy atom. The molecule has 1 atom stereocenters. The van der Waals surface area contributed by atoms with Crippen LogP contribution in [0.1, 0.15) is 50.4 Å². The minimum atomic E-state index is -0.0105. The Hall–Kier alpha value is -2.86. The molecule has 1 fully saturated rings. The van der Waals surface area contributed by atoms with Gasteiger partial charge in [0.25, 0.3) is 5.56 Å². The maximum atomic E-state index is 13.4. The zero-order chi connectivity index (χ0) is 20.5. The highest BCUT2D eigenvalue weighted by Crippen LogP contribution is 2.35. The number of aromatic nitrogens is 3. The van der Waals surface area contributed by atoms with Gasteiger partial charge in [-0.2, -0.15) is 9.77 Å². The van der Waals surface area contributed by atoms with E-state index in [4.69, 9.17) is 5.10 Å². The van der Waals surface area contributed by atoms with Crippen molar-refractivity contribution in [3.05, 3.63) is 77.5 Å². The van der Waals surface area contributed by atoms with Gasteiger partial charge in [0.2, 0.25) is 0 Å². The number of anilines is 1. The van der Waals surface area contributed by atoms with Crippen molar-refractivity contribution in [1.82, 2.24) is 19.2 Å². The average Bonchev–Trinajstić information content (AvgIpc) is 3.41. The van der Waals surface area contributed by atoms with Gasteiger partial charge >= 0.3 is 0 Å². The first kappa shape index (κ1) is 19.1. The highest BCUT2D eigenvalue weighted by Gasteiger charge is 2.39. The van der Waals surface area contributed by atoms with Gasteiger partial charge in [-0.25, -0.2) is 4.52 Å². The lowest BCUT2D eigenvalue weighted by Crippen LogP contribution is -2.42. The second kappa shape index (κ2) is 8.11. The summed E-state index contributed by atoms with van der Waals surface area (Å²) < 4.78 is 3.54. The van der Waals surface area contributed by atoms with Crippen LogP contribution in [0.4, 0.5) is 5.69 Å². The molecule has 3 heterocycles. The molecule has 0 spiro atoms. The zero-order valence-electron chi connectivity index (χ0n) is 17.4. The molecular weight excluding hydrogens is 374 g/mol. The summed E-state index contributed by atoms with van der Waals surface area (Å²) in [6.07, 6.45) is 11.1. The summed E-state index contributed by atoms with van der Waals surface area (Å²) >= 11 is 0. The molecule has 1 aliphatic carbocycles. The highest BCUT2D eigenvalue weighted by atomic mass is 16.1. The van der Waals surface area contributed by atoms with Gasteiger partial charge in [0.05, 0.1) is 18.3 Å². The number of hydrogen-bond acceptors (Lipinski definition) is 4. The Bertz CT molecular complexity index is 1080. The molecule has 6 heteroatoms. The van der Waals surface area contributed by atoms with E-state index < -0.39 is 0 Å². The van der Waals surface area contributed by atoms with Crippen molar-refractivity contribution in [3.8, 4) is 0 Å². The van der Waals surface area contributed by atoms with Crippen LogP contribution < -0.4 is 10.6 Å². The molecule has 3 aromatic rings. The number of hydrogen-bond donors (Lipinski definition) is 0. The summed E-state index contributed by atoms with van der Waals surface area (Å²) in [6.45, 7) is 5.62. The van der Waals surface area contributed by atoms with Gasteiger partial charge in [-0.3, -0.25) is 14.7 Å². The molecule has 1 unspecified atom stereocenters. The van der Waals surface area contributed by atoms with Crippen LogP contribution in [0, 0.1) is 0 Å². The minimum absolute atomic E-state index is 0.0105. The van der Waals surface area contributed by atoms with Crippen molar-refractivity contribution in [3.63, 3.8) is 0 Å². The van der Waals surface area contributed by atoms with Gasteiger partial charge in [0.1, 0.15) is 5.52 Å². The van der Waals surface area contributed by atoms with Crippen LogP contribution in [-0.4, -0.2) is 38.3 Å². The van der Waals surface area contributed by atoms with Crippen molar-refractivity contribution in [2.45, 2.75) is 50.6 Å². The van der Waals surface area contributed by atoms with E-state index in [2.05, 4.69) is 28.6 Å². The van der Waals surface area contributed by atoms with E-state index in [-0.39, 0.29) is 11.6 Å². The summed E-state index contributed by atoms with van der Waals surface area (Å²) in [7, 11) is 0. The molecule has 0 radical (unpaired) electrons. The monoisotopic (exact) mass is 403 g/mol. The van der Waals surface area contributed by atoms with Crippen LogP contribution >= 0.6 is 0 Å². The lowest BCUT2D eigenvalue weighted by Gasteiger charge is -2.37. The maximum Gasteiger partial charge on any atom is 0.297 e. The Morgan fingerprint density at radius 3 is 2.67 bits per heavy atom. The predicted octanol–water partition coefficient (Wildman–Crippen LogP) is 4.03. The van der Waals surface area contributed by atoms with Gasteiger partial charge < -0.3 is 0 Å². The van der Waals surface area contributed by atoms with E-state index >= 15 is 0 Å². The Labute approximate surface area is 177 Å². The molecule has 2 aliphatic rings. The smallest absolute Gasteiger partial charge is 0.289 e. The lowest BCUT2D eigenvalue weighted by atomic mass is 9.93. The van der Waals surface area contributed by atoms with Crippen LogP contribution in [0.25, 0.3) is 5.52 Å². The molecule has 0 N–H and O–H groups in total. The van der Waals surface area contributed by atoms with E-state index in [1.165, 1.54) is 32.1 Å². The van der Waals surface area contributed by atoms with E-state index in [1.807, 2.05) is 42.6 Å². The third-order valence-corrected chi connectivity index (χ3v) is 6.54. The molecule has 6 nitrogen and oxygen atoms in total. The molecule has 2 aromatic heterocycles. The van der Waals surface area contributed by atoms with E-state index in [1.54, 1.807) is 9.19 Å². The third kappa shape index (κ3) is 3.25. The first-order valence-electron chi connectivity index (χ1n) is 11.1. The molecule has 156 valence electrons. The Kier molecular flexibility index (Phi) is 5.17. The number of fused-ring (bicyclic) bond motifs is 2. The fourth-order valence-corrected chi connectivity index (χ4v) is 5.08. The fourth-order valence-electron chi connectivity index (χ4n) is 5.08. The highest BCUT2D eigenvalue weighted by molar-refractivity contribution is 5.51. The van der Waals surface area contributed by atoms with Gasteiger partial charge in [-0.1, -0.05) is 43.5 Å². The number of rotatable bonds is 6. The Morgan fingerprint density at radius 1 is 1.10 bits per heavy atom. The van der Waals surface area contributed by atoms with Crippen LogP contribution in [0.3, 0.4) is 0 Å². The quantitative estimate of drug-likeness (QED) is 0.583. The van der Waals surface area contributed by atoms with Crippen LogP contribution in [0.15, 0.2) is 66.1 Å². The van der Waals surface area contributed by atoms with Crippen LogP contribution in [0.5, 0.6) is 0 Å². The minimum Gasteiger partial charge on any atom is -0.289 e. The van der Waals surface area contributed by atoms with E-state index in [9.17, 15) is 4.79 Å². The maximum absolute atomic E-state index is 13.4. The normalized spacial score (nSPS) is 19.5. The van der Waals surface area contributed by atoms with Crippen molar-refractivity contribution in [1.29, 1.82) is 0 Å². The lowest BCUT2D eigenvalue weighted by molar-refractivity contribution is 0.110. The summed E-state index contributed by atoms with van der Waals surface area (Å²) in [6, 6.07) is 14.5. The average molecular weight is 404 g/mol. The zero-order valence-corrected chi connectivity index (χ0v) is 17.4. The van der Waals surface area contributed by atoms with Gasteiger partial charge in [-0.15, -0.1) is 6.58 Å². The van der Waals surface area contributed by atoms with Crippen molar-refractivity contribution < 1.29 is 0 Å². The third-order valence-electron chi connectivity index (χ3n) is 6.54. The standard InChI is InChI=1S/C24H29N5O/c1-2-3-16-26(19-11-6-4-7-12-19)22-18-28(20-13-8-5-9-14-20)29-23(22)25-27-17-10-15-21(27)24(29)30/h2,5,8-10,13-15,17,19,22H,1,3-4,6-7,11-12,16,18H2. The molecule has 0 amide bonds. The van der Waals surface area contributed by atoms with Gasteiger partial charge in [0.15, 0.2) is 5.82 Å². The molecule has 1 saturated carbocycles. The Balaban J connectivity index is 1.63. The summed E-state index contributed by atoms with van der Waals surface area (Å²) in [5.41, 5.74) is 1.62. The second-order valence-electron chi connectivity index (χ2n) is 8.35. The van der Waals surface area contributed by atoms with E-state index in [0.29, 0.717) is 11.6 Å². The molecule has 30 heavy (non-hydrogen) atoms. The summed E-state index contributed by atoms with van der Waals surface area (Å²) in [5.74, 6) is 0.835. The molecule has 5 rings (SSSR count). The molecule has 1 aliphatic heterocycles. The fraction of sp³-hybridized carbons (Fsp3) is 0.417. The molecule has 1 aromatic carbocycles. The molecule has 0 saturated heterocycles. The topological polar surface area (TPSA) is 45.8 Å². The molecular formula is C24H29N5O.